The van der Waals surface area contributed by atoms with Gasteiger partial charge in [-0.2, -0.15) is 13.2 Å². The zero-order valence-corrected chi connectivity index (χ0v) is 25.1. The third kappa shape index (κ3) is 13.8. The molecule has 45 heavy (non-hydrogen) atoms. The van der Waals surface area contributed by atoms with Crippen LogP contribution in [0, 0.1) is 0 Å². The lowest BCUT2D eigenvalue weighted by molar-refractivity contribution is -0.159. The second kappa shape index (κ2) is 19.5. The van der Waals surface area contributed by atoms with Crippen LogP contribution in [0.2, 0.25) is 0 Å². The van der Waals surface area contributed by atoms with Crippen LogP contribution < -0.4 is 33.7 Å². The molecule has 1 heterocycles. The highest BCUT2D eigenvalue weighted by molar-refractivity contribution is 5.87. The molecule has 1 amide bonds. The van der Waals surface area contributed by atoms with Crippen LogP contribution in [-0.4, -0.2) is 112 Å². The molecule has 0 atom stereocenters. The Kier molecular flexibility index (Phi) is 15.4. The number of hydrogen-bond donors (Lipinski definition) is 1. The number of ether oxygens (including phenoxy) is 11. The summed E-state index contributed by atoms with van der Waals surface area (Å²) in [5.41, 5.74) is 0.0101. The van der Waals surface area contributed by atoms with E-state index < -0.39 is 18.9 Å². The Bertz CT molecular complexity index is 1170. The topological polar surface area (TPSA) is 131 Å². The summed E-state index contributed by atoms with van der Waals surface area (Å²) in [5.74, 6) is 2.21. The molecule has 13 nitrogen and oxygen atoms in total. The number of anilines is 1. The summed E-state index contributed by atoms with van der Waals surface area (Å²) < 4.78 is 97.6. The fourth-order valence-corrected chi connectivity index (χ4v) is 3.66. The number of nitrogens with one attached hydrogen (secondary N) is 1. The molecule has 0 bridgehead atoms. The van der Waals surface area contributed by atoms with Gasteiger partial charge in [-0.3, -0.25) is 5.32 Å². The minimum Gasteiger partial charge on any atom is -0.497 e. The van der Waals surface area contributed by atoms with E-state index in [2.05, 4.69) is 10.1 Å². The van der Waals surface area contributed by atoms with Crippen molar-refractivity contribution in [3.8, 4) is 34.5 Å². The number of alkyl halides is 3. The molecule has 0 fully saturated rings. The summed E-state index contributed by atoms with van der Waals surface area (Å²) >= 11 is 0. The van der Waals surface area contributed by atoms with Crippen LogP contribution in [0.25, 0.3) is 0 Å². The first-order valence-electron chi connectivity index (χ1n) is 14.0. The number of carbonyl (C=O) groups is 1. The molecule has 3 rings (SSSR count). The van der Waals surface area contributed by atoms with Crippen LogP contribution in [0.3, 0.4) is 0 Å². The van der Waals surface area contributed by atoms with Gasteiger partial charge in [-0.25, -0.2) is 4.79 Å². The molecule has 0 radical (unpaired) electrons. The average molecular weight is 650 g/mol. The molecule has 1 aliphatic rings. The van der Waals surface area contributed by atoms with E-state index in [0.717, 1.165) is 0 Å². The van der Waals surface area contributed by atoms with Crippen LogP contribution >= 0.6 is 0 Å². The number of fused-ring (bicyclic) bond motifs is 2. The summed E-state index contributed by atoms with van der Waals surface area (Å²) in [5, 5.41) is 2.22. The quantitative estimate of drug-likeness (QED) is 0.512. The number of carbonyl (C=O) groups excluding carboxylic acids is 1. The fourth-order valence-electron chi connectivity index (χ4n) is 3.66. The van der Waals surface area contributed by atoms with Crippen molar-refractivity contribution < 1.29 is 70.1 Å². The molecular weight excluding hydrogens is 611 g/mol. The number of hydrogen-bond acceptors (Lipinski definition) is 12. The van der Waals surface area contributed by atoms with Crippen LogP contribution in [0.15, 0.2) is 30.3 Å². The first kappa shape index (κ1) is 35.6. The highest BCUT2D eigenvalue weighted by atomic mass is 19.4. The van der Waals surface area contributed by atoms with Gasteiger partial charge >= 0.3 is 12.3 Å². The predicted octanol–water partition coefficient (Wildman–Crippen LogP) is 4.11. The minimum atomic E-state index is -4.68. The van der Waals surface area contributed by atoms with Gasteiger partial charge in [0, 0.05) is 18.2 Å². The van der Waals surface area contributed by atoms with Gasteiger partial charge in [0.25, 0.3) is 0 Å². The maximum atomic E-state index is 12.4. The molecule has 0 aromatic heterocycles. The number of rotatable bonds is 4. The first-order chi connectivity index (χ1) is 21.8. The van der Waals surface area contributed by atoms with Crippen molar-refractivity contribution in [2.45, 2.75) is 6.18 Å². The van der Waals surface area contributed by atoms with Crippen molar-refractivity contribution in [2.75, 3.05) is 105 Å². The largest absolute Gasteiger partial charge is 0.497 e. The number of halogens is 3. The summed E-state index contributed by atoms with van der Waals surface area (Å²) in [6.07, 6.45) is -6.00. The summed E-state index contributed by atoms with van der Waals surface area (Å²) in [6, 6.07) is 8.03. The highest BCUT2D eigenvalue weighted by Gasteiger charge is 2.30. The van der Waals surface area contributed by atoms with Crippen molar-refractivity contribution in [3.63, 3.8) is 0 Å². The van der Waals surface area contributed by atoms with Gasteiger partial charge in [0.15, 0.2) is 29.6 Å². The summed E-state index contributed by atoms with van der Waals surface area (Å²) in [4.78, 5) is 11.9. The van der Waals surface area contributed by atoms with E-state index in [1.165, 1.54) is 19.2 Å². The zero-order valence-electron chi connectivity index (χ0n) is 25.1. The van der Waals surface area contributed by atoms with E-state index >= 15 is 0 Å². The second-order valence-corrected chi connectivity index (χ2v) is 8.97. The van der Waals surface area contributed by atoms with Crippen molar-refractivity contribution >= 4 is 11.8 Å². The van der Waals surface area contributed by atoms with Gasteiger partial charge in [-0.15, -0.1) is 0 Å². The third-order valence-corrected chi connectivity index (χ3v) is 5.71. The van der Waals surface area contributed by atoms with E-state index in [4.69, 9.17) is 47.4 Å². The average Bonchev–Trinajstić information content (AvgIpc) is 3.02. The lowest BCUT2D eigenvalue weighted by atomic mass is 10.2. The zero-order chi connectivity index (χ0) is 32.3. The van der Waals surface area contributed by atoms with Gasteiger partial charge in [-0.05, 0) is 12.1 Å². The van der Waals surface area contributed by atoms with E-state index in [1.54, 1.807) is 25.3 Å². The Hall–Kier alpha value is -3.86. The lowest BCUT2D eigenvalue weighted by Crippen LogP contribution is -2.23. The molecular formula is C29H38F3NO12. The standard InChI is InChI=1S/C29H38F3NO12/c1-35-21-3-4-23-25(17-21)42-14-10-38-7-8-40-12-16-44-27-19-24(36-2)22(33-28(34)45-20-29(30,31)32)18-26(27)43-15-11-39-6-5-37-9-13-41-23/h3-4,17-19H,5-16,20H2,1-2H3,(H,33,34). The monoisotopic (exact) mass is 649 g/mol. The van der Waals surface area contributed by atoms with Gasteiger partial charge < -0.3 is 52.1 Å². The number of amides is 1. The molecule has 16 heteroatoms. The number of benzene rings is 2. The predicted molar refractivity (Wildman–Crippen MR) is 152 cm³/mol. The van der Waals surface area contributed by atoms with Crippen LogP contribution in [-0.2, 0) is 23.7 Å². The second-order valence-electron chi connectivity index (χ2n) is 8.97. The third-order valence-electron chi connectivity index (χ3n) is 5.71. The number of methoxy groups -OCH3 is 2. The molecule has 1 aliphatic heterocycles. The van der Waals surface area contributed by atoms with E-state index in [-0.39, 0.29) is 69.2 Å². The first-order valence-corrected chi connectivity index (χ1v) is 14.0. The van der Waals surface area contributed by atoms with E-state index in [9.17, 15) is 18.0 Å². The molecule has 252 valence electrons. The normalized spacial score (nSPS) is 16.5. The maximum Gasteiger partial charge on any atom is 0.422 e. The van der Waals surface area contributed by atoms with Gasteiger partial charge in [0.2, 0.25) is 0 Å². The van der Waals surface area contributed by atoms with Crippen molar-refractivity contribution in [1.29, 1.82) is 0 Å². The molecule has 2 aromatic carbocycles. The van der Waals surface area contributed by atoms with Crippen molar-refractivity contribution in [3.05, 3.63) is 30.3 Å². The minimum absolute atomic E-state index is 0.0101. The van der Waals surface area contributed by atoms with Gasteiger partial charge in [0.1, 0.15) is 37.9 Å². The fraction of sp³-hybridized carbons (Fsp3) is 0.552. The van der Waals surface area contributed by atoms with Crippen LogP contribution in [0.1, 0.15) is 0 Å². The Morgan fingerprint density at radius 2 is 1.13 bits per heavy atom. The lowest BCUT2D eigenvalue weighted by Gasteiger charge is -2.18. The van der Waals surface area contributed by atoms with Crippen LogP contribution in [0.5, 0.6) is 34.5 Å². The van der Waals surface area contributed by atoms with Gasteiger partial charge in [0.05, 0.1) is 72.8 Å². The molecule has 0 saturated heterocycles. The highest BCUT2D eigenvalue weighted by Crippen LogP contribution is 2.38. The Labute approximate surface area is 258 Å². The molecule has 0 spiro atoms. The van der Waals surface area contributed by atoms with E-state index in [1.807, 2.05) is 0 Å². The summed E-state index contributed by atoms with van der Waals surface area (Å²) in [7, 11) is 2.89. The summed E-state index contributed by atoms with van der Waals surface area (Å²) in [6.45, 7) is 1.20. The molecule has 0 unspecified atom stereocenters. The molecule has 1 N–H and O–H groups in total. The molecule has 0 aliphatic carbocycles. The SMILES string of the molecule is COc1ccc2c(c1)OCCOCCOCCOc1cc(OC)c(NC(=O)OCC(F)(F)F)cc1OCCOCCOCCO2. The Balaban J connectivity index is 1.59. The maximum absolute atomic E-state index is 12.4. The molecule has 2 aromatic rings. The molecule has 0 saturated carbocycles. The Morgan fingerprint density at radius 1 is 0.667 bits per heavy atom. The smallest absolute Gasteiger partial charge is 0.422 e. The van der Waals surface area contributed by atoms with Crippen molar-refractivity contribution in [2.24, 2.45) is 0 Å². The van der Waals surface area contributed by atoms with Crippen molar-refractivity contribution in [1.82, 2.24) is 0 Å². The Morgan fingerprint density at radius 3 is 1.62 bits per heavy atom. The van der Waals surface area contributed by atoms with Crippen LogP contribution in [0.4, 0.5) is 23.7 Å². The van der Waals surface area contributed by atoms with E-state index in [0.29, 0.717) is 50.3 Å². The van der Waals surface area contributed by atoms with Gasteiger partial charge in [-0.1, -0.05) is 0 Å².